The van der Waals surface area contributed by atoms with Crippen LogP contribution < -0.4 is 5.32 Å². The molecule has 25 heavy (non-hydrogen) atoms. The number of amides is 1. The van der Waals surface area contributed by atoms with Gasteiger partial charge in [0.2, 0.25) is 5.91 Å². The summed E-state index contributed by atoms with van der Waals surface area (Å²) in [6, 6.07) is 2.35. The number of nitrogens with zero attached hydrogens (tertiary/aromatic N) is 4. The van der Waals surface area contributed by atoms with Crippen molar-refractivity contribution in [3.8, 4) is 0 Å². The minimum Gasteiger partial charge on any atom is -0.367 e. The maximum atomic E-state index is 12.6. The zero-order valence-electron chi connectivity index (χ0n) is 14.7. The van der Waals surface area contributed by atoms with Crippen LogP contribution in [0.1, 0.15) is 34.8 Å². The van der Waals surface area contributed by atoms with Crippen LogP contribution in [-0.2, 0) is 11.2 Å². The molecule has 1 aliphatic carbocycles. The summed E-state index contributed by atoms with van der Waals surface area (Å²) in [5.41, 5.74) is 1.31. The molecule has 6 nitrogen and oxygen atoms in total. The van der Waals surface area contributed by atoms with Crippen LogP contribution in [0.2, 0.25) is 0 Å². The zero-order chi connectivity index (χ0) is 17.4. The molecule has 3 heterocycles. The van der Waals surface area contributed by atoms with Crippen LogP contribution in [0.25, 0.3) is 0 Å². The van der Waals surface area contributed by atoms with Crippen molar-refractivity contribution in [2.45, 2.75) is 45.6 Å². The highest BCUT2D eigenvalue weighted by atomic mass is 32.1. The molecule has 1 N–H and O–H groups in total. The van der Waals surface area contributed by atoms with Crippen molar-refractivity contribution in [1.82, 2.24) is 19.9 Å². The van der Waals surface area contributed by atoms with Gasteiger partial charge in [-0.15, -0.1) is 11.3 Å². The number of hydrogen-bond donors (Lipinski definition) is 1. The first-order valence-corrected chi connectivity index (χ1v) is 9.58. The van der Waals surface area contributed by atoms with E-state index in [1.807, 2.05) is 19.9 Å². The largest absolute Gasteiger partial charge is 0.367 e. The molecule has 0 atom stereocenters. The van der Waals surface area contributed by atoms with Gasteiger partial charge in [0.25, 0.3) is 0 Å². The van der Waals surface area contributed by atoms with Gasteiger partial charge in [-0.1, -0.05) is 0 Å². The Morgan fingerprint density at radius 2 is 2.28 bits per heavy atom. The number of rotatable bonds is 4. The van der Waals surface area contributed by atoms with E-state index in [9.17, 15) is 4.79 Å². The van der Waals surface area contributed by atoms with Crippen LogP contribution in [0.15, 0.2) is 18.6 Å². The Morgan fingerprint density at radius 3 is 2.96 bits per heavy atom. The van der Waals surface area contributed by atoms with E-state index in [4.69, 9.17) is 0 Å². The van der Waals surface area contributed by atoms with Crippen molar-refractivity contribution in [3.05, 3.63) is 34.2 Å². The van der Waals surface area contributed by atoms with Gasteiger partial charge in [0.1, 0.15) is 12.1 Å². The lowest BCUT2D eigenvalue weighted by molar-refractivity contribution is -0.130. The number of thiazole rings is 1. The first-order valence-electron chi connectivity index (χ1n) is 8.76. The molecule has 0 unspecified atom stereocenters. The third-order valence-electron chi connectivity index (χ3n) is 5.40. The topological polar surface area (TPSA) is 71.0 Å². The van der Waals surface area contributed by atoms with Gasteiger partial charge in [-0.2, -0.15) is 0 Å². The summed E-state index contributed by atoms with van der Waals surface area (Å²) in [7, 11) is 0. The molecular weight excluding hydrogens is 334 g/mol. The predicted octanol–water partition coefficient (Wildman–Crippen LogP) is 2.59. The van der Waals surface area contributed by atoms with Crippen molar-refractivity contribution in [2.75, 3.05) is 18.4 Å². The number of aromatic nitrogens is 3. The van der Waals surface area contributed by atoms with E-state index in [0.717, 1.165) is 53.7 Å². The first-order chi connectivity index (χ1) is 12.0. The first kappa shape index (κ1) is 16.4. The van der Waals surface area contributed by atoms with E-state index in [-0.39, 0.29) is 5.91 Å². The van der Waals surface area contributed by atoms with Crippen LogP contribution in [0.3, 0.4) is 0 Å². The van der Waals surface area contributed by atoms with Gasteiger partial charge in [0.05, 0.1) is 17.1 Å². The molecule has 0 radical (unpaired) electrons. The number of hydrogen-bond acceptors (Lipinski definition) is 6. The number of carbonyl (C=O) groups excluding carboxylic acids is 1. The molecule has 2 aliphatic rings. The molecule has 1 saturated carbocycles. The van der Waals surface area contributed by atoms with Gasteiger partial charge < -0.3 is 10.2 Å². The predicted molar refractivity (Wildman–Crippen MR) is 97.6 cm³/mol. The quantitative estimate of drug-likeness (QED) is 0.911. The van der Waals surface area contributed by atoms with E-state index in [1.54, 1.807) is 23.9 Å². The Labute approximate surface area is 151 Å². The average molecular weight is 357 g/mol. The zero-order valence-corrected chi connectivity index (χ0v) is 15.5. The monoisotopic (exact) mass is 357 g/mol. The SMILES string of the molecule is Cc1nc(C)c(CC(=O)N2CCC3(CC(Nc4ccncn4)C3)C2)s1. The maximum absolute atomic E-state index is 12.6. The molecule has 1 amide bonds. The van der Waals surface area contributed by atoms with E-state index in [2.05, 4.69) is 25.2 Å². The van der Waals surface area contributed by atoms with E-state index in [0.29, 0.717) is 17.9 Å². The van der Waals surface area contributed by atoms with Crippen molar-refractivity contribution >= 4 is 23.1 Å². The van der Waals surface area contributed by atoms with Gasteiger partial charge in [-0.05, 0) is 44.6 Å². The molecule has 2 aromatic rings. The van der Waals surface area contributed by atoms with E-state index in [1.165, 1.54) is 0 Å². The summed E-state index contributed by atoms with van der Waals surface area (Å²) in [5, 5.41) is 4.50. The molecular formula is C18H23N5OS. The number of nitrogens with one attached hydrogen (secondary N) is 1. The summed E-state index contributed by atoms with van der Waals surface area (Å²) in [6.07, 6.45) is 7.15. The second kappa shape index (κ2) is 6.37. The van der Waals surface area contributed by atoms with Crippen molar-refractivity contribution in [2.24, 2.45) is 5.41 Å². The number of aryl methyl sites for hydroxylation is 2. The smallest absolute Gasteiger partial charge is 0.227 e. The Kier molecular flexibility index (Phi) is 4.19. The van der Waals surface area contributed by atoms with Crippen LogP contribution in [0.5, 0.6) is 0 Å². The highest BCUT2D eigenvalue weighted by molar-refractivity contribution is 7.11. The maximum Gasteiger partial charge on any atom is 0.227 e. The lowest BCUT2D eigenvalue weighted by Crippen LogP contribution is -2.47. The van der Waals surface area contributed by atoms with Crippen LogP contribution in [0, 0.1) is 19.3 Å². The van der Waals surface area contributed by atoms with Crippen molar-refractivity contribution in [3.63, 3.8) is 0 Å². The highest BCUT2D eigenvalue weighted by Gasteiger charge is 2.49. The Balaban J connectivity index is 1.30. The Morgan fingerprint density at radius 1 is 1.44 bits per heavy atom. The van der Waals surface area contributed by atoms with E-state index >= 15 is 0 Å². The van der Waals surface area contributed by atoms with Gasteiger partial charge in [-0.25, -0.2) is 15.0 Å². The standard InChI is InChI=1S/C18H23N5OS/c1-12-15(25-13(2)21-12)7-17(24)23-6-4-18(10-23)8-14(9-18)22-16-3-5-19-11-20-16/h3,5,11,14H,4,6-10H2,1-2H3,(H,19,20,22). The molecule has 2 fully saturated rings. The summed E-state index contributed by atoms with van der Waals surface area (Å²) in [6.45, 7) is 5.77. The molecule has 132 valence electrons. The number of carbonyl (C=O) groups is 1. The van der Waals surface area contributed by atoms with Crippen LogP contribution in [0.4, 0.5) is 5.82 Å². The fraction of sp³-hybridized carbons (Fsp3) is 0.556. The number of anilines is 1. The molecule has 0 bridgehead atoms. The summed E-state index contributed by atoms with van der Waals surface area (Å²) in [4.78, 5) is 28.4. The third-order valence-corrected chi connectivity index (χ3v) is 6.47. The molecule has 4 rings (SSSR count). The van der Waals surface area contributed by atoms with Crippen LogP contribution in [-0.4, -0.2) is 44.9 Å². The molecule has 0 aromatic carbocycles. The van der Waals surface area contributed by atoms with Gasteiger partial charge in [0.15, 0.2) is 0 Å². The Bertz CT molecular complexity index is 769. The second-order valence-corrected chi connectivity index (χ2v) is 8.62. The minimum absolute atomic E-state index is 0.246. The Hall–Kier alpha value is -2.02. The van der Waals surface area contributed by atoms with Crippen molar-refractivity contribution < 1.29 is 4.79 Å². The number of likely N-dealkylation sites (tertiary alicyclic amines) is 1. The van der Waals surface area contributed by atoms with E-state index < -0.39 is 0 Å². The normalized spacial score (nSPS) is 25.2. The lowest BCUT2D eigenvalue weighted by Gasteiger charge is -2.45. The fourth-order valence-corrected chi connectivity index (χ4v) is 5.07. The van der Waals surface area contributed by atoms with Gasteiger partial charge in [0, 0.05) is 30.2 Å². The van der Waals surface area contributed by atoms with Gasteiger partial charge in [-0.3, -0.25) is 4.79 Å². The summed E-state index contributed by atoms with van der Waals surface area (Å²) in [5.74, 6) is 1.13. The van der Waals surface area contributed by atoms with Crippen LogP contribution >= 0.6 is 11.3 Å². The molecule has 1 saturated heterocycles. The molecule has 7 heteroatoms. The fourth-order valence-electron chi connectivity index (χ4n) is 4.14. The van der Waals surface area contributed by atoms with Crippen molar-refractivity contribution in [1.29, 1.82) is 0 Å². The molecule has 1 spiro atoms. The highest BCUT2D eigenvalue weighted by Crippen LogP contribution is 2.49. The second-order valence-electron chi connectivity index (χ2n) is 7.33. The molecule has 2 aromatic heterocycles. The minimum atomic E-state index is 0.246. The average Bonchev–Trinajstić information content (AvgIpc) is 3.12. The van der Waals surface area contributed by atoms with Gasteiger partial charge >= 0.3 is 0 Å². The lowest BCUT2D eigenvalue weighted by atomic mass is 9.65. The third kappa shape index (κ3) is 3.38. The summed E-state index contributed by atoms with van der Waals surface area (Å²) >= 11 is 1.64. The molecule has 1 aliphatic heterocycles. The summed E-state index contributed by atoms with van der Waals surface area (Å²) < 4.78 is 0.